The fourth-order valence-corrected chi connectivity index (χ4v) is 11.3. The van der Waals surface area contributed by atoms with Gasteiger partial charge in [0.15, 0.2) is 6.10 Å². The maximum Gasteiger partial charge on any atom is 0.306 e. The van der Waals surface area contributed by atoms with Crippen molar-refractivity contribution < 1.29 is 28.6 Å². The standard InChI is InChI=1S/C76H142O6/c1-4-7-10-13-16-19-22-25-28-30-31-32-33-34-35-36-37-38-39-40-41-42-43-44-45-46-49-51-54-57-60-63-66-69-75(78)81-72-73(71-80-74(77)68-65-62-59-56-53-50-47-27-24-21-18-15-12-9-6-3)82-76(79)70-67-64-61-58-55-52-48-29-26-23-20-17-14-11-8-5-2/h27,29-31,47-48,73H,4-26,28,32-46,49-72H2,1-3H3/b31-30-,47-27-,48-29-. The van der Waals surface area contributed by atoms with Crippen LogP contribution in [-0.4, -0.2) is 37.2 Å². The minimum atomic E-state index is -0.779. The third-order valence-electron chi connectivity index (χ3n) is 16.8. The van der Waals surface area contributed by atoms with Gasteiger partial charge in [0, 0.05) is 19.3 Å². The van der Waals surface area contributed by atoms with E-state index in [-0.39, 0.29) is 31.1 Å². The largest absolute Gasteiger partial charge is 0.462 e. The highest BCUT2D eigenvalue weighted by molar-refractivity contribution is 5.71. The zero-order valence-corrected chi connectivity index (χ0v) is 55.5. The Balaban J connectivity index is 4.13. The molecule has 82 heavy (non-hydrogen) atoms. The van der Waals surface area contributed by atoms with Crippen LogP contribution in [0, 0.1) is 0 Å². The average Bonchev–Trinajstić information content (AvgIpc) is 3.47. The van der Waals surface area contributed by atoms with Crippen LogP contribution in [0.15, 0.2) is 36.5 Å². The molecule has 0 bridgehead atoms. The van der Waals surface area contributed by atoms with E-state index in [1.807, 2.05) is 0 Å². The van der Waals surface area contributed by atoms with Gasteiger partial charge < -0.3 is 14.2 Å². The summed E-state index contributed by atoms with van der Waals surface area (Å²) in [6.07, 6.45) is 89.1. The zero-order valence-electron chi connectivity index (χ0n) is 55.5. The van der Waals surface area contributed by atoms with Gasteiger partial charge in [-0.05, 0) is 96.3 Å². The predicted molar refractivity (Wildman–Crippen MR) is 358 cm³/mol. The Bertz CT molecular complexity index is 1370. The van der Waals surface area contributed by atoms with Gasteiger partial charge in [-0.25, -0.2) is 0 Å². The molecule has 0 fully saturated rings. The molecule has 0 radical (unpaired) electrons. The van der Waals surface area contributed by atoms with Gasteiger partial charge in [-0.15, -0.1) is 0 Å². The molecule has 0 rings (SSSR count). The lowest BCUT2D eigenvalue weighted by atomic mass is 10.0. The van der Waals surface area contributed by atoms with Crippen molar-refractivity contribution in [1.29, 1.82) is 0 Å². The molecule has 0 aliphatic carbocycles. The maximum atomic E-state index is 12.9. The van der Waals surface area contributed by atoms with Crippen molar-refractivity contribution in [3.05, 3.63) is 36.5 Å². The van der Waals surface area contributed by atoms with Crippen molar-refractivity contribution >= 4 is 17.9 Å². The van der Waals surface area contributed by atoms with E-state index in [9.17, 15) is 14.4 Å². The van der Waals surface area contributed by atoms with Gasteiger partial charge in [-0.3, -0.25) is 14.4 Å². The number of hydrogen-bond donors (Lipinski definition) is 0. The van der Waals surface area contributed by atoms with Gasteiger partial charge in [0.1, 0.15) is 13.2 Å². The van der Waals surface area contributed by atoms with Crippen LogP contribution < -0.4 is 0 Å². The number of unbranched alkanes of at least 4 members (excludes halogenated alkanes) is 52. The Morgan fingerprint density at radius 1 is 0.232 bits per heavy atom. The number of allylic oxidation sites excluding steroid dienone is 6. The third-order valence-corrected chi connectivity index (χ3v) is 16.8. The summed E-state index contributed by atoms with van der Waals surface area (Å²) in [6.45, 7) is 6.69. The second-order valence-corrected chi connectivity index (χ2v) is 25.2. The van der Waals surface area contributed by atoms with Gasteiger partial charge in [-0.2, -0.15) is 0 Å². The molecule has 0 amide bonds. The molecule has 0 saturated heterocycles. The minimum absolute atomic E-state index is 0.0734. The van der Waals surface area contributed by atoms with E-state index in [0.717, 1.165) is 70.6 Å². The molecule has 0 spiro atoms. The summed E-state index contributed by atoms with van der Waals surface area (Å²) in [6, 6.07) is 0. The first-order valence-electron chi connectivity index (χ1n) is 37.0. The molecule has 0 aliphatic rings. The van der Waals surface area contributed by atoms with Crippen LogP contribution in [-0.2, 0) is 28.6 Å². The van der Waals surface area contributed by atoms with E-state index in [4.69, 9.17) is 14.2 Å². The van der Waals surface area contributed by atoms with Crippen LogP contribution in [0.4, 0.5) is 0 Å². The quantitative estimate of drug-likeness (QED) is 0.0261. The van der Waals surface area contributed by atoms with Crippen LogP contribution >= 0.6 is 0 Å². The second kappa shape index (κ2) is 71.1. The van der Waals surface area contributed by atoms with E-state index in [1.165, 1.54) is 302 Å². The predicted octanol–water partition coefficient (Wildman–Crippen LogP) is 25.5. The molecule has 6 heteroatoms. The number of rotatable bonds is 69. The highest BCUT2D eigenvalue weighted by Crippen LogP contribution is 2.18. The van der Waals surface area contributed by atoms with Crippen LogP contribution in [0.1, 0.15) is 412 Å². The van der Waals surface area contributed by atoms with Crippen molar-refractivity contribution in [2.45, 2.75) is 419 Å². The lowest BCUT2D eigenvalue weighted by Crippen LogP contribution is -2.30. The summed E-state index contributed by atoms with van der Waals surface area (Å²) in [5.41, 5.74) is 0. The highest BCUT2D eigenvalue weighted by Gasteiger charge is 2.19. The normalized spacial score (nSPS) is 12.2. The van der Waals surface area contributed by atoms with Crippen LogP contribution in [0.3, 0.4) is 0 Å². The van der Waals surface area contributed by atoms with E-state index < -0.39 is 6.10 Å². The summed E-state index contributed by atoms with van der Waals surface area (Å²) in [4.78, 5) is 38.4. The summed E-state index contributed by atoms with van der Waals surface area (Å²) in [7, 11) is 0. The number of carbonyl (C=O) groups excluding carboxylic acids is 3. The molecule has 0 aromatic carbocycles. The molecule has 0 N–H and O–H groups in total. The molecule has 0 aliphatic heterocycles. The van der Waals surface area contributed by atoms with Gasteiger partial charge in [0.2, 0.25) is 0 Å². The molecule has 0 saturated carbocycles. The van der Waals surface area contributed by atoms with Crippen molar-refractivity contribution in [2.24, 2.45) is 0 Å². The molecular weight excluding hydrogens is 1010 g/mol. The number of hydrogen-bond acceptors (Lipinski definition) is 6. The van der Waals surface area contributed by atoms with E-state index >= 15 is 0 Å². The zero-order chi connectivity index (χ0) is 59.2. The molecule has 6 nitrogen and oxygen atoms in total. The Morgan fingerprint density at radius 3 is 0.610 bits per heavy atom. The van der Waals surface area contributed by atoms with Gasteiger partial charge in [-0.1, -0.05) is 333 Å². The summed E-state index contributed by atoms with van der Waals surface area (Å²) in [5, 5.41) is 0. The lowest BCUT2D eigenvalue weighted by Gasteiger charge is -2.18. The Hall–Kier alpha value is -2.37. The fraction of sp³-hybridized carbons (Fsp3) is 0.882. The van der Waals surface area contributed by atoms with Crippen LogP contribution in [0.2, 0.25) is 0 Å². The van der Waals surface area contributed by atoms with E-state index in [0.29, 0.717) is 19.3 Å². The Labute approximate surface area is 512 Å². The molecule has 482 valence electrons. The van der Waals surface area contributed by atoms with Crippen molar-refractivity contribution in [3.8, 4) is 0 Å². The monoisotopic (exact) mass is 1150 g/mol. The summed E-state index contributed by atoms with van der Waals surface area (Å²) >= 11 is 0. The topological polar surface area (TPSA) is 78.9 Å². The van der Waals surface area contributed by atoms with Gasteiger partial charge >= 0.3 is 17.9 Å². The smallest absolute Gasteiger partial charge is 0.306 e. The average molecular weight is 1150 g/mol. The number of carbonyl (C=O) groups is 3. The highest BCUT2D eigenvalue weighted by atomic mass is 16.6. The first-order valence-corrected chi connectivity index (χ1v) is 37.0. The Morgan fingerprint density at radius 2 is 0.402 bits per heavy atom. The van der Waals surface area contributed by atoms with E-state index in [1.54, 1.807) is 0 Å². The van der Waals surface area contributed by atoms with Gasteiger partial charge in [0.25, 0.3) is 0 Å². The van der Waals surface area contributed by atoms with Crippen molar-refractivity contribution in [2.75, 3.05) is 13.2 Å². The Kier molecular flexibility index (Phi) is 69.1. The number of esters is 3. The molecule has 0 heterocycles. The maximum absolute atomic E-state index is 12.9. The first kappa shape index (κ1) is 79.6. The molecule has 1 unspecified atom stereocenters. The van der Waals surface area contributed by atoms with Crippen LogP contribution in [0.5, 0.6) is 0 Å². The first-order chi connectivity index (χ1) is 40.5. The third kappa shape index (κ3) is 68.4. The lowest BCUT2D eigenvalue weighted by molar-refractivity contribution is -0.167. The van der Waals surface area contributed by atoms with Crippen molar-refractivity contribution in [3.63, 3.8) is 0 Å². The number of ether oxygens (including phenoxy) is 3. The van der Waals surface area contributed by atoms with E-state index in [2.05, 4.69) is 57.2 Å². The van der Waals surface area contributed by atoms with Crippen molar-refractivity contribution in [1.82, 2.24) is 0 Å². The fourth-order valence-electron chi connectivity index (χ4n) is 11.3. The van der Waals surface area contributed by atoms with Gasteiger partial charge in [0.05, 0.1) is 0 Å². The summed E-state index contributed by atoms with van der Waals surface area (Å²) in [5.74, 6) is -0.863. The minimum Gasteiger partial charge on any atom is -0.462 e. The van der Waals surface area contributed by atoms with Crippen LogP contribution in [0.25, 0.3) is 0 Å². The molecular formula is C76H142O6. The molecule has 0 aromatic rings. The molecule has 1 atom stereocenters. The molecule has 0 aromatic heterocycles. The SMILES string of the molecule is CCCCCCCC/C=C\CCCCCCCC(=O)OCC(COC(=O)CCCCCCCCCCCCCCCCCCCCCCC/C=C\CCCCCCCCCC)OC(=O)CCCCCCC/C=C\CCCCCCCCC. The second-order valence-electron chi connectivity index (χ2n) is 25.2. The summed E-state index contributed by atoms with van der Waals surface area (Å²) < 4.78 is 17.0.